The molecule has 0 aromatic heterocycles. The lowest BCUT2D eigenvalue weighted by Gasteiger charge is -2.18. The van der Waals surface area contributed by atoms with Crippen LogP contribution in [0.3, 0.4) is 0 Å². The van der Waals surface area contributed by atoms with Crippen LogP contribution in [0.25, 0.3) is 6.08 Å². The molecule has 29 heavy (non-hydrogen) atoms. The highest BCUT2D eigenvalue weighted by Gasteiger charge is 2.24. The van der Waals surface area contributed by atoms with Gasteiger partial charge in [-0.15, -0.1) is 0 Å². The molecule has 0 spiro atoms. The van der Waals surface area contributed by atoms with Gasteiger partial charge in [-0.3, -0.25) is 9.59 Å². The summed E-state index contributed by atoms with van der Waals surface area (Å²) in [5.74, 6) is -2.83. The fraction of sp³-hybridized carbons (Fsp3) is 0.227. The van der Waals surface area contributed by atoms with Crippen molar-refractivity contribution in [2.45, 2.75) is 26.3 Å². The van der Waals surface area contributed by atoms with Gasteiger partial charge in [-0.1, -0.05) is 44.2 Å². The molecule has 0 aliphatic rings. The van der Waals surface area contributed by atoms with E-state index in [2.05, 4.69) is 10.6 Å². The van der Waals surface area contributed by atoms with Crippen LogP contribution in [0.1, 0.15) is 36.2 Å². The van der Waals surface area contributed by atoms with Crippen molar-refractivity contribution >= 4 is 23.9 Å². The van der Waals surface area contributed by atoms with Gasteiger partial charge in [0.15, 0.2) is 0 Å². The van der Waals surface area contributed by atoms with Crippen LogP contribution in [0, 0.1) is 11.7 Å². The Bertz CT molecular complexity index is 893. The number of carbonyl (C=O) groups is 3. The number of hydrogen-bond donors (Lipinski definition) is 3. The number of nitrogens with one attached hydrogen (secondary N) is 2. The normalized spacial score (nSPS) is 12.3. The number of amides is 2. The second-order valence-corrected chi connectivity index (χ2v) is 6.92. The summed E-state index contributed by atoms with van der Waals surface area (Å²) in [6.07, 6.45) is 1.60. The first-order valence-electron chi connectivity index (χ1n) is 9.13. The van der Waals surface area contributed by atoms with E-state index in [0.29, 0.717) is 11.1 Å². The third kappa shape index (κ3) is 6.88. The van der Waals surface area contributed by atoms with Gasteiger partial charge in [0.2, 0.25) is 0 Å². The molecule has 0 unspecified atom stereocenters. The molecule has 2 rings (SSSR count). The Morgan fingerprint density at radius 1 is 1.03 bits per heavy atom. The lowest BCUT2D eigenvalue weighted by atomic mass is 10.0. The highest BCUT2D eigenvalue weighted by molar-refractivity contribution is 6.06. The molecule has 0 heterocycles. The first kappa shape index (κ1) is 21.8. The predicted octanol–water partition coefficient (Wildman–Crippen LogP) is 3.21. The van der Waals surface area contributed by atoms with Crippen molar-refractivity contribution in [1.82, 2.24) is 10.6 Å². The van der Waals surface area contributed by atoms with Crippen molar-refractivity contribution < 1.29 is 23.9 Å². The van der Waals surface area contributed by atoms with Crippen LogP contribution < -0.4 is 10.6 Å². The molecule has 2 amide bonds. The zero-order valence-electron chi connectivity index (χ0n) is 16.2. The maximum Gasteiger partial charge on any atom is 0.326 e. The molecule has 3 N–H and O–H groups in total. The summed E-state index contributed by atoms with van der Waals surface area (Å²) < 4.78 is 13.2. The van der Waals surface area contributed by atoms with Gasteiger partial charge in [0.1, 0.15) is 17.6 Å². The van der Waals surface area contributed by atoms with Crippen molar-refractivity contribution in [2.75, 3.05) is 0 Å². The minimum atomic E-state index is -1.16. The predicted molar refractivity (Wildman–Crippen MR) is 107 cm³/mol. The molecule has 1 atom stereocenters. The third-order valence-corrected chi connectivity index (χ3v) is 4.02. The van der Waals surface area contributed by atoms with Gasteiger partial charge in [-0.05, 0) is 48.2 Å². The van der Waals surface area contributed by atoms with Crippen molar-refractivity contribution in [3.05, 3.63) is 77.2 Å². The van der Waals surface area contributed by atoms with E-state index >= 15 is 0 Å². The van der Waals surface area contributed by atoms with E-state index in [1.54, 1.807) is 30.3 Å². The number of benzene rings is 2. The summed E-state index contributed by atoms with van der Waals surface area (Å²) in [4.78, 5) is 36.7. The van der Waals surface area contributed by atoms with E-state index in [1.807, 2.05) is 13.8 Å². The van der Waals surface area contributed by atoms with E-state index in [9.17, 15) is 23.9 Å². The quantitative estimate of drug-likeness (QED) is 0.595. The van der Waals surface area contributed by atoms with Crippen LogP contribution in [-0.4, -0.2) is 28.9 Å². The Morgan fingerprint density at radius 3 is 2.21 bits per heavy atom. The van der Waals surface area contributed by atoms with Crippen LogP contribution in [0.15, 0.2) is 60.3 Å². The number of halogens is 1. The number of hydrogen-bond acceptors (Lipinski definition) is 3. The summed E-state index contributed by atoms with van der Waals surface area (Å²) in [5.41, 5.74) is 0.670. The number of carbonyl (C=O) groups excluding carboxylic acids is 2. The van der Waals surface area contributed by atoms with Gasteiger partial charge in [-0.25, -0.2) is 9.18 Å². The van der Waals surface area contributed by atoms with Crippen LogP contribution in [0.5, 0.6) is 0 Å². The molecule has 2 aromatic rings. The molecule has 0 radical (unpaired) electrons. The number of rotatable bonds is 8. The van der Waals surface area contributed by atoms with Crippen molar-refractivity contribution in [3.63, 3.8) is 0 Å². The average Bonchev–Trinajstić information content (AvgIpc) is 2.68. The summed E-state index contributed by atoms with van der Waals surface area (Å²) >= 11 is 0. The number of carboxylic acids is 1. The van der Waals surface area contributed by atoms with Gasteiger partial charge in [0.25, 0.3) is 11.8 Å². The van der Waals surface area contributed by atoms with Crippen molar-refractivity contribution in [3.8, 4) is 0 Å². The topological polar surface area (TPSA) is 95.5 Å². The Morgan fingerprint density at radius 2 is 1.66 bits per heavy atom. The smallest absolute Gasteiger partial charge is 0.326 e. The fourth-order valence-electron chi connectivity index (χ4n) is 2.60. The highest BCUT2D eigenvalue weighted by atomic mass is 19.1. The van der Waals surface area contributed by atoms with E-state index < -0.39 is 29.6 Å². The third-order valence-electron chi connectivity index (χ3n) is 4.02. The van der Waals surface area contributed by atoms with E-state index in [-0.39, 0.29) is 18.0 Å². The molecule has 0 bridgehead atoms. The van der Waals surface area contributed by atoms with Crippen LogP contribution >= 0.6 is 0 Å². The number of carboxylic acid groups (broad SMARTS) is 1. The molecule has 0 fully saturated rings. The molecule has 0 saturated heterocycles. The Labute approximate surface area is 168 Å². The summed E-state index contributed by atoms with van der Waals surface area (Å²) in [6, 6.07) is 12.5. The minimum Gasteiger partial charge on any atom is -0.480 e. The lowest BCUT2D eigenvalue weighted by Crippen LogP contribution is -2.45. The highest BCUT2D eigenvalue weighted by Crippen LogP contribution is 2.11. The van der Waals surface area contributed by atoms with Gasteiger partial charge in [0, 0.05) is 5.56 Å². The van der Waals surface area contributed by atoms with Crippen LogP contribution in [0.2, 0.25) is 0 Å². The van der Waals surface area contributed by atoms with Crippen LogP contribution in [0.4, 0.5) is 4.39 Å². The van der Waals surface area contributed by atoms with Crippen molar-refractivity contribution in [1.29, 1.82) is 0 Å². The van der Waals surface area contributed by atoms with Gasteiger partial charge >= 0.3 is 5.97 Å². The molecule has 152 valence electrons. The molecular formula is C22H23FN2O4. The zero-order chi connectivity index (χ0) is 21.4. The Balaban J connectivity index is 2.30. The molecule has 0 aliphatic heterocycles. The molecule has 0 aliphatic carbocycles. The first-order valence-corrected chi connectivity index (χ1v) is 9.13. The molecule has 6 nitrogen and oxygen atoms in total. The largest absolute Gasteiger partial charge is 0.480 e. The average molecular weight is 398 g/mol. The zero-order valence-corrected chi connectivity index (χ0v) is 16.2. The van der Waals surface area contributed by atoms with E-state index in [0.717, 1.165) is 0 Å². The molecule has 2 aromatic carbocycles. The molecule has 0 saturated carbocycles. The summed E-state index contributed by atoms with van der Waals surface area (Å²) in [6.45, 7) is 3.68. The molecule has 7 heteroatoms. The van der Waals surface area contributed by atoms with Gasteiger partial charge in [0.05, 0.1) is 0 Å². The monoisotopic (exact) mass is 398 g/mol. The summed E-state index contributed by atoms with van der Waals surface area (Å²) in [5, 5.41) is 14.3. The summed E-state index contributed by atoms with van der Waals surface area (Å²) in [7, 11) is 0. The maximum absolute atomic E-state index is 13.2. The van der Waals surface area contributed by atoms with Crippen LogP contribution in [-0.2, 0) is 9.59 Å². The minimum absolute atomic E-state index is 0.0415. The van der Waals surface area contributed by atoms with E-state index in [1.165, 1.54) is 30.3 Å². The van der Waals surface area contributed by atoms with Gasteiger partial charge < -0.3 is 15.7 Å². The standard InChI is InChI=1S/C22H23FN2O4/c1-14(2)12-19(22(28)29)25-21(27)18(13-15-8-10-17(23)11-9-15)24-20(26)16-6-4-3-5-7-16/h3-11,13-14,19H,12H2,1-2H3,(H,24,26)(H,25,27)(H,28,29)/b18-13+/t19-/m0/s1. The second-order valence-electron chi connectivity index (χ2n) is 6.92. The van der Waals surface area contributed by atoms with Gasteiger partial charge in [-0.2, -0.15) is 0 Å². The fourth-order valence-corrected chi connectivity index (χ4v) is 2.60. The Kier molecular flexibility index (Phi) is 7.65. The molecular weight excluding hydrogens is 375 g/mol. The Hall–Kier alpha value is -3.48. The maximum atomic E-state index is 13.2. The number of aliphatic carboxylic acids is 1. The van der Waals surface area contributed by atoms with Crippen molar-refractivity contribution in [2.24, 2.45) is 5.92 Å². The van der Waals surface area contributed by atoms with E-state index in [4.69, 9.17) is 0 Å². The second kappa shape index (κ2) is 10.2. The SMILES string of the molecule is CC(C)C[C@H](NC(=O)/C(=C\c1ccc(F)cc1)NC(=O)c1ccccc1)C(=O)O. The lowest BCUT2D eigenvalue weighted by molar-refractivity contribution is -0.141. The first-order chi connectivity index (χ1) is 13.8.